The highest BCUT2D eigenvalue weighted by atomic mass is 32.2. The minimum absolute atomic E-state index is 0.109. The number of phenols is 1. The van der Waals surface area contributed by atoms with Gasteiger partial charge >= 0.3 is 24.0 Å². The smallest absolute Gasteiger partial charge is 0.471 e. The van der Waals surface area contributed by atoms with Crippen LogP contribution in [0.15, 0.2) is 6.07 Å². The summed E-state index contributed by atoms with van der Waals surface area (Å²) in [5.41, 5.74) is 3.24. The van der Waals surface area contributed by atoms with Crippen LogP contribution in [0.3, 0.4) is 0 Å². The summed E-state index contributed by atoms with van der Waals surface area (Å²) in [6.07, 6.45) is -6.13. The Labute approximate surface area is 276 Å². The number of esters is 2. The van der Waals surface area contributed by atoms with Gasteiger partial charge in [-0.1, -0.05) is 6.07 Å². The van der Waals surface area contributed by atoms with Crippen LogP contribution in [-0.2, 0) is 25.5 Å². The van der Waals surface area contributed by atoms with E-state index in [1.807, 2.05) is 6.07 Å². The number of ether oxygens (including phenoxy) is 5. The number of aryl methyl sites for hydroxylation is 1. The number of phenolic OH excluding ortho intramolecular Hbond substituents is 1. The normalized spacial score (nSPS) is 28.8. The van der Waals surface area contributed by atoms with Gasteiger partial charge in [-0.05, 0) is 31.4 Å². The third kappa shape index (κ3) is 4.92. The molecule has 2 unspecified atom stereocenters. The summed E-state index contributed by atoms with van der Waals surface area (Å²) in [7, 11) is 1.43. The van der Waals surface area contributed by atoms with Crippen molar-refractivity contribution in [2.75, 3.05) is 26.3 Å². The lowest BCUT2D eigenvalue weighted by Gasteiger charge is -2.59. The summed E-state index contributed by atoms with van der Waals surface area (Å²) in [5.74, 6) is -3.58. The number of aliphatic hydroxyl groups excluding tert-OH is 1. The number of carbonyl (C=O) groups excluding carboxylic acids is 3. The number of methoxy groups -OCH3 is 1. The molecule has 5 aliphatic rings. The number of fused-ring (bicyclic) bond motifs is 9. The number of aliphatic hydroxyl groups is 1. The number of halogens is 3. The second-order valence-electron chi connectivity index (χ2n) is 12.3. The molecule has 0 spiro atoms. The maximum atomic E-state index is 13.3. The van der Waals surface area contributed by atoms with Crippen molar-refractivity contribution in [1.82, 2.24) is 15.5 Å². The van der Waals surface area contributed by atoms with Crippen molar-refractivity contribution in [3.05, 3.63) is 39.4 Å². The molecule has 48 heavy (non-hydrogen) atoms. The maximum absolute atomic E-state index is 13.3. The summed E-state index contributed by atoms with van der Waals surface area (Å²) < 4.78 is 68.6. The van der Waals surface area contributed by atoms with Gasteiger partial charge in [0.25, 0.3) is 0 Å². The highest BCUT2D eigenvalue weighted by Gasteiger charge is 2.58. The molecule has 2 saturated heterocycles. The molecule has 2 fully saturated rings. The van der Waals surface area contributed by atoms with Crippen molar-refractivity contribution in [1.29, 1.82) is 0 Å². The topological polar surface area (TPSA) is 165 Å². The van der Waals surface area contributed by atoms with Crippen molar-refractivity contribution in [2.45, 2.75) is 75.1 Å². The number of piperazine rings is 1. The van der Waals surface area contributed by atoms with Gasteiger partial charge in [-0.2, -0.15) is 13.2 Å². The van der Waals surface area contributed by atoms with Gasteiger partial charge in [-0.25, -0.2) is 4.79 Å². The van der Waals surface area contributed by atoms with Crippen molar-refractivity contribution in [2.24, 2.45) is 0 Å². The van der Waals surface area contributed by atoms with E-state index in [0.717, 1.165) is 17.3 Å². The molecule has 0 radical (unpaired) electrons. The Hall–Kier alpha value is -3.93. The fourth-order valence-electron chi connectivity index (χ4n) is 7.73. The number of hydrogen-bond donors (Lipinski definition) is 4. The van der Waals surface area contributed by atoms with Gasteiger partial charge in [-0.3, -0.25) is 14.5 Å². The van der Waals surface area contributed by atoms with Crippen molar-refractivity contribution in [3.8, 4) is 28.7 Å². The van der Waals surface area contributed by atoms with E-state index < -0.39 is 78.1 Å². The van der Waals surface area contributed by atoms with Gasteiger partial charge in [0.15, 0.2) is 23.0 Å². The summed E-state index contributed by atoms with van der Waals surface area (Å²) in [6.45, 7) is 4.04. The molecule has 13 nitrogen and oxygen atoms in total. The minimum atomic E-state index is -5.26. The number of alkyl halides is 3. The predicted octanol–water partition coefficient (Wildman–Crippen LogP) is 2.36. The largest absolute Gasteiger partial charge is 0.504 e. The molecule has 2 aromatic rings. The first-order chi connectivity index (χ1) is 22.7. The highest BCUT2D eigenvalue weighted by molar-refractivity contribution is 7.99. The fraction of sp³-hybridized carbons (Fsp3) is 0.516. The highest BCUT2D eigenvalue weighted by Crippen LogP contribution is 2.62. The Morgan fingerprint density at radius 2 is 1.85 bits per heavy atom. The second-order valence-corrected chi connectivity index (χ2v) is 13.5. The van der Waals surface area contributed by atoms with Gasteiger partial charge in [0, 0.05) is 41.0 Å². The van der Waals surface area contributed by atoms with Crippen molar-refractivity contribution in [3.63, 3.8) is 0 Å². The monoisotopic (exact) mass is 695 g/mol. The standard InChI is InChI=1S/C31H32F3N3O10S/c1-10-5-13-6-14-28(40)37-16-7-44-29(41)15(36-30(42)31(32,33)34)8-48-27(21(37)20(35-14)17(13)22(39)23(10)43-4)19-18(16)26-25(45-9-46-26)11(2)24(19)47-12(3)38/h5,14-16,20-21,27-28,35,39-40H,6-9H2,1-4H3,(H,36,42)/t14-,15?,16-,20+,21?,27+,28-/m0/s1. The molecule has 258 valence electrons. The van der Waals surface area contributed by atoms with Gasteiger partial charge in [-0.15, -0.1) is 11.8 Å². The van der Waals surface area contributed by atoms with Crippen LogP contribution >= 0.6 is 11.8 Å². The Morgan fingerprint density at radius 1 is 1.12 bits per heavy atom. The van der Waals surface area contributed by atoms with Crippen LogP contribution in [0.4, 0.5) is 13.2 Å². The number of amides is 1. The van der Waals surface area contributed by atoms with Crippen LogP contribution in [0.2, 0.25) is 0 Å². The molecule has 1 amide bonds. The Balaban J connectivity index is 1.47. The molecule has 0 saturated carbocycles. The van der Waals surface area contributed by atoms with E-state index in [2.05, 4.69) is 5.32 Å². The SMILES string of the molecule is COc1c(C)cc2c(c1O)[C@H]1N[C@@H](C2)[C@H](O)N2C1[C@@H]1SCC(NC(=O)C(F)(F)F)C(=O)OC[C@H]2c2c3c(c(C)c(OC(C)=O)c21)OCO3. The molecular weight excluding hydrogens is 663 g/mol. The zero-order chi connectivity index (χ0) is 34.4. The molecule has 7 atom stereocenters. The van der Waals surface area contributed by atoms with Crippen LogP contribution in [0.5, 0.6) is 28.7 Å². The quantitative estimate of drug-likeness (QED) is 0.274. The molecule has 0 aliphatic carbocycles. The Bertz CT molecular complexity index is 1740. The number of cyclic esters (lactones) is 1. The number of thioether (sulfide) groups is 1. The summed E-state index contributed by atoms with van der Waals surface area (Å²) in [5, 5.41) is 28.0. The van der Waals surface area contributed by atoms with Gasteiger partial charge < -0.3 is 44.5 Å². The maximum Gasteiger partial charge on any atom is 0.471 e. The van der Waals surface area contributed by atoms with E-state index >= 15 is 0 Å². The third-order valence-electron chi connectivity index (χ3n) is 9.54. The molecule has 7 rings (SSSR count). The lowest BCUT2D eigenvalue weighted by molar-refractivity contribution is -0.176. The second kappa shape index (κ2) is 11.6. The first-order valence-electron chi connectivity index (χ1n) is 15.1. The number of benzene rings is 2. The number of nitrogens with one attached hydrogen (secondary N) is 2. The lowest BCUT2D eigenvalue weighted by atomic mass is 9.74. The first-order valence-corrected chi connectivity index (χ1v) is 16.2. The van der Waals surface area contributed by atoms with Crippen LogP contribution < -0.4 is 29.6 Å². The van der Waals surface area contributed by atoms with Gasteiger partial charge in [0.2, 0.25) is 6.79 Å². The number of hydrogen-bond acceptors (Lipinski definition) is 13. The zero-order valence-electron chi connectivity index (χ0n) is 26.1. The average molecular weight is 696 g/mol. The van der Waals surface area contributed by atoms with E-state index in [-0.39, 0.29) is 24.0 Å². The fourth-order valence-corrected chi connectivity index (χ4v) is 9.24. The van der Waals surface area contributed by atoms with Crippen LogP contribution in [-0.4, -0.2) is 89.8 Å². The van der Waals surface area contributed by atoms with Gasteiger partial charge in [0.05, 0.1) is 30.5 Å². The summed E-state index contributed by atoms with van der Waals surface area (Å²) in [4.78, 5) is 39.5. The number of nitrogens with zero attached hydrogens (tertiary/aromatic N) is 1. The van der Waals surface area contributed by atoms with Crippen LogP contribution in [0.25, 0.3) is 0 Å². The van der Waals surface area contributed by atoms with Crippen LogP contribution in [0.1, 0.15) is 57.6 Å². The van der Waals surface area contributed by atoms with E-state index in [9.17, 15) is 37.8 Å². The molecule has 0 aromatic heterocycles. The average Bonchev–Trinajstić information content (AvgIpc) is 3.51. The van der Waals surface area contributed by atoms with Crippen molar-refractivity contribution >= 4 is 29.6 Å². The Morgan fingerprint density at radius 3 is 2.54 bits per heavy atom. The van der Waals surface area contributed by atoms with E-state index in [4.69, 9.17) is 23.7 Å². The number of rotatable bonds is 3. The molecular formula is C31H32F3N3O10S. The predicted molar refractivity (Wildman–Crippen MR) is 160 cm³/mol. The summed E-state index contributed by atoms with van der Waals surface area (Å²) in [6, 6.07) is -2.86. The van der Waals surface area contributed by atoms with Crippen LogP contribution in [0, 0.1) is 13.8 Å². The first kappa shape index (κ1) is 32.6. The molecule has 5 heterocycles. The zero-order valence-corrected chi connectivity index (χ0v) is 26.9. The third-order valence-corrected chi connectivity index (χ3v) is 10.9. The van der Waals surface area contributed by atoms with Crippen molar-refractivity contribution < 1.29 is 61.5 Å². The number of aromatic hydroxyl groups is 1. The summed E-state index contributed by atoms with van der Waals surface area (Å²) >= 11 is 1.01. The Kier molecular flexibility index (Phi) is 7.88. The molecule has 2 aromatic carbocycles. The van der Waals surface area contributed by atoms with E-state index in [0.29, 0.717) is 45.7 Å². The number of carbonyl (C=O) groups is 3. The minimum Gasteiger partial charge on any atom is -0.504 e. The van der Waals surface area contributed by atoms with E-state index in [1.165, 1.54) is 14.0 Å². The molecule has 17 heteroatoms. The van der Waals surface area contributed by atoms with E-state index in [1.54, 1.807) is 24.1 Å². The molecule has 5 aliphatic heterocycles. The molecule has 4 N–H and O–H groups in total. The lowest BCUT2D eigenvalue weighted by Crippen LogP contribution is -2.69. The molecule has 4 bridgehead atoms. The van der Waals surface area contributed by atoms with Gasteiger partial charge in [0.1, 0.15) is 24.6 Å².